The van der Waals surface area contributed by atoms with Crippen molar-refractivity contribution in [2.24, 2.45) is 0 Å². The van der Waals surface area contributed by atoms with Gasteiger partial charge in [-0.15, -0.1) is 0 Å². The molecule has 1 saturated carbocycles. The topological polar surface area (TPSA) is 92.8 Å². The fourth-order valence-electron chi connectivity index (χ4n) is 4.39. The second-order valence-electron chi connectivity index (χ2n) is 9.60. The third-order valence-corrected chi connectivity index (χ3v) is 7.44. The van der Waals surface area contributed by atoms with E-state index in [9.17, 15) is 22.4 Å². The number of carbonyl (C=O) groups excluding carboxylic acids is 2. The van der Waals surface area contributed by atoms with Crippen molar-refractivity contribution in [2.45, 2.75) is 43.9 Å². The molecule has 200 valence electrons. The monoisotopic (exact) mass is 574 g/mol. The van der Waals surface area contributed by atoms with E-state index in [1.54, 1.807) is 9.62 Å². The number of hydrogen-bond acceptors (Lipinski definition) is 5. The van der Waals surface area contributed by atoms with Crippen molar-refractivity contribution in [3.05, 3.63) is 68.4 Å². The number of halogens is 4. The minimum absolute atomic E-state index is 0.0634. The molecule has 1 aliphatic heterocycles. The summed E-state index contributed by atoms with van der Waals surface area (Å²) in [4.78, 5) is 26.5. The van der Waals surface area contributed by atoms with Crippen molar-refractivity contribution < 1.29 is 31.5 Å². The Balaban J connectivity index is 1.36. The Kier molecular flexibility index (Phi) is 8.13. The highest BCUT2D eigenvalue weighted by atomic mass is 35.5. The molecular weight excluding hydrogens is 549 g/mol. The molecule has 2 aromatic rings. The smallest absolute Gasteiger partial charge is 0.267 e. The molecular formula is C25H26Cl2F2N2O5S. The number of likely N-dealkylation sites (tertiary alicyclic amines) is 1. The lowest BCUT2D eigenvalue weighted by atomic mass is 9.93. The van der Waals surface area contributed by atoms with E-state index in [1.807, 2.05) is 0 Å². The molecule has 2 aliphatic rings. The molecule has 4 rings (SSSR count). The van der Waals surface area contributed by atoms with E-state index in [0.717, 1.165) is 25.2 Å². The van der Waals surface area contributed by atoms with Gasteiger partial charge in [0.1, 0.15) is 11.5 Å². The van der Waals surface area contributed by atoms with Crippen LogP contribution in [0.3, 0.4) is 0 Å². The number of piperidine rings is 1. The van der Waals surface area contributed by atoms with Crippen LogP contribution < -0.4 is 4.72 Å². The van der Waals surface area contributed by atoms with Gasteiger partial charge in [-0.1, -0.05) is 23.2 Å². The fourth-order valence-corrected chi connectivity index (χ4v) is 5.36. The Morgan fingerprint density at radius 3 is 2.30 bits per heavy atom. The highest BCUT2D eigenvalue weighted by Crippen LogP contribution is 2.43. The van der Waals surface area contributed by atoms with Crippen molar-refractivity contribution >= 4 is 45.0 Å². The predicted octanol–water partition coefficient (Wildman–Crippen LogP) is 4.86. The number of amides is 2. The summed E-state index contributed by atoms with van der Waals surface area (Å²) >= 11 is 12.0. The molecule has 0 bridgehead atoms. The SMILES string of the molecule is CS(=O)(=O)NC(=O)c1cc(C2CC2)c(COCC2(F)CCN(C(=O)c3cc(Cl)cc(Cl)c3)CC2)cc1F. The third-order valence-electron chi connectivity index (χ3n) is 6.44. The van der Waals surface area contributed by atoms with Gasteiger partial charge in [-0.25, -0.2) is 21.9 Å². The number of carbonyl (C=O) groups is 2. The van der Waals surface area contributed by atoms with Crippen molar-refractivity contribution in [3.8, 4) is 0 Å². The molecule has 0 spiro atoms. The molecule has 0 aromatic heterocycles. The number of alkyl halides is 1. The summed E-state index contributed by atoms with van der Waals surface area (Å²) in [5, 5.41) is 0.680. The van der Waals surface area contributed by atoms with E-state index in [4.69, 9.17) is 27.9 Å². The van der Waals surface area contributed by atoms with Crippen LogP contribution in [0.4, 0.5) is 8.78 Å². The number of rotatable bonds is 8. The van der Waals surface area contributed by atoms with Crippen LogP contribution in [0.1, 0.15) is 63.4 Å². The van der Waals surface area contributed by atoms with Crippen LogP contribution in [0.25, 0.3) is 0 Å². The molecule has 1 N–H and O–H groups in total. The number of ether oxygens (including phenoxy) is 1. The summed E-state index contributed by atoms with van der Waals surface area (Å²) in [5.74, 6) is -2.10. The number of sulfonamides is 1. The van der Waals surface area contributed by atoms with E-state index in [-0.39, 0.29) is 56.5 Å². The first-order chi connectivity index (χ1) is 17.3. The average Bonchev–Trinajstić information content (AvgIpc) is 3.62. The van der Waals surface area contributed by atoms with Gasteiger partial charge in [0, 0.05) is 41.5 Å². The van der Waals surface area contributed by atoms with Crippen LogP contribution >= 0.6 is 23.2 Å². The molecule has 1 aliphatic carbocycles. The summed E-state index contributed by atoms with van der Waals surface area (Å²) < 4.78 is 60.2. The van der Waals surface area contributed by atoms with Crippen LogP contribution in [-0.2, 0) is 21.4 Å². The van der Waals surface area contributed by atoms with Crippen molar-refractivity contribution in [1.29, 1.82) is 0 Å². The molecule has 37 heavy (non-hydrogen) atoms. The maximum atomic E-state index is 15.4. The lowest BCUT2D eigenvalue weighted by Crippen LogP contribution is -2.46. The number of benzene rings is 2. The Morgan fingerprint density at radius 1 is 1.11 bits per heavy atom. The van der Waals surface area contributed by atoms with E-state index in [2.05, 4.69) is 0 Å². The van der Waals surface area contributed by atoms with Crippen LogP contribution in [0.15, 0.2) is 30.3 Å². The highest BCUT2D eigenvalue weighted by molar-refractivity contribution is 7.89. The highest BCUT2D eigenvalue weighted by Gasteiger charge is 2.37. The van der Waals surface area contributed by atoms with E-state index in [0.29, 0.717) is 26.7 Å². The van der Waals surface area contributed by atoms with E-state index >= 15 is 4.39 Å². The molecule has 2 amide bonds. The van der Waals surface area contributed by atoms with Gasteiger partial charge in [-0.3, -0.25) is 9.59 Å². The van der Waals surface area contributed by atoms with Gasteiger partial charge in [-0.05, 0) is 60.2 Å². The van der Waals surface area contributed by atoms with Gasteiger partial charge in [0.05, 0.1) is 25.0 Å². The zero-order valence-electron chi connectivity index (χ0n) is 20.0. The first kappa shape index (κ1) is 27.8. The molecule has 0 radical (unpaired) electrons. The van der Waals surface area contributed by atoms with E-state index < -0.39 is 27.4 Å². The lowest BCUT2D eigenvalue weighted by molar-refractivity contribution is -0.0274. The largest absolute Gasteiger partial charge is 0.373 e. The Hall–Kier alpha value is -2.27. The summed E-state index contributed by atoms with van der Waals surface area (Å²) in [7, 11) is -3.85. The van der Waals surface area contributed by atoms with Crippen LogP contribution in [0.2, 0.25) is 10.0 Å². The molecule has 2 fully saturated rings. The maximum Gasteiger partial charge on any atom is 0.267 e. The first-order valence-corrected chi connectivity index (χ1v) is 14.3. The average molecular weight is 575 g/mol. The number of nitrogens with one attached hydrogen (secondary N) is 1. The van der Waals surface area contributed by atoms with Gasteiger partial charge < -0.3 is 9.64 Å². The zero-order valence-corrected chi connectivity index (χ0v) is 22.4. The molecule has 7 nitrogen and oxygen atoms in total. The summed E-state index contributed by atoms with van der Waals surface area (Å²) in [6.45, 7) is 0.0793. The molecule has 2 aromatic carbocycles. The first-order valence-electron chi connectivity index (χ1n) is 11.7. The maximum absolute atomic E-state index is 15.4. The lowest BCUT2D eigenvalue weighted by Gasteiger charge is -2.36. The van der Waals surface area contributed by atoms with Gasteiger partial charge >= 0.3 is 0 Å². The minimum atomic E-state index is -3.85. The zero-order chi connectivity index (χ0) is 27.0. The van der Waals surface area contributed by atoms with Gasteiger partial charge in [0.15, 0.2) is 0 Å². The standard InChI is InChI=1S/C25H26Cl2F2N2O5S/c1-37(34,35)30-23(32)21-12-20(15-2-3-15)17(10-22(21)28)13-36-14-25(29)4-6-31(7-5-25)24(33)16-8-18(26)11-19(27)9-16/h8-12,15H,2-7,13-14H2,1H3,(H,30,32). The second-order valence-corrected chi connectivity index (χ2v) is 12.2. The number of hydrogen-bond donors (Lipinski definition) is 1. The van der Waals surface area contributed by atoms with Crippen LogP contribution in [0, 0.1) is 5.82 Å². The van der Waals surface area contributed by atoms with Crippen molar-refractivity contribution in [2.75, 3.05) is 26.0 Å². The summed E-state index contributed by atoms with van der Waals surface area (Å²) in [5.41, 5.74) is -0.505. The fraction of sp³-hybridized carbons (Fsp3) is 0.440. The van der Waals surface area contributed by atoms with Gasteiger partial charge in [0.2, 0.25) is 10.0 Å². The third kappa shape index (κ3) is 7.19. The van der Waals surface area contributed by atoms with Gasteiger partial charge in [0.25, 0.3) is 11.8 Å². The predicted molar refractivity (Wildman–Crippen MR) is 136 cm³/mol. The normalized spacial score (nSPS) is 17.5. The Morgan fingerprint density at radius 2 is 1.73 bits per heavy atom. The second kappa shape index (κ2) is 10.8. The van der Waals surface area contributed by atoms with Crippen LogP contribution in [-0.4, -0.2) is 56.8 Å². The molecule has 1 heterocycles. The Labute approximate surface area is 224 Å². The summed E-state index contributed by atoms with van der Waals surface area (Å²) in [6, 6.07) is 7.06. The molecule has 1 saturated heterocycles. The quantitative estimate of drug-likeness (QED) is 0.486. The minimum Gasteiger partial charge on any atom is -0.373 e. The van der Waals surface area contributed by atoms with Crippen LogP contribution in [0.5, 0.6) is 0 Å². The Bertz CT molecular complexity index is 1310. The van der Waals surface area contributed by atoms with Crippen molar-refractivity contribution in [3.63, 3.8) is 0 Å². The number of nitrogens with zero attached hydrogens (tertiary/aromatic N) is 1. The van der Waals surface area contributed by atoms with Gasteiger partial charge in [-0.2, -0.15) is 0 Å². The summed E-state index contributed by atoms with van der Waals surface area (Å²) in [6.07, 6.45) is 2.65. The van der Waals surface area contributed by atoms with Crippen molar-refractivity contribution in [1.82, 2.24) is 9.62 Å². The molecule has 0 atom stereocenters. The van der Waals surface area contributed by atoms with E-state index in [1.165, 1.54) is 24.3 Å². The molecule has 0 unspecified atom stereocenters. The molecule has 12 heteroatoms.